The fraction of sp³-hybridized carbons (Fsp3) is 0.438. The molecule has 1 fully saturated rings. The molecule has 0 spiro atoms. The summed E-state index contributed by atoms with van der Waals surface area (Å²) in [6.07, 6.45) is 2.59. The van der Waals surface area contributed by atoms with Crippen LogP contribution in [-0.4, -0.2) is 35.2 Å². The second-order valence-corrected chi connectivity index (χ2v) is 5.83. The Hall–Kier alpha value is -2.21. The first-order valence-electron chi connectivity index (χ1n) is 7.45. The van der Waals surface area contributed by atoms with E-state index >= 15 is 0 Å². The highest BCUT2D eigenvalue weighted by molar-refractivity contribution is 5.97. The summed E-state index contributed by atoms with van der Waals surface area (Å²) in [6.45, 7) is 6.37. The number of non-ortho nitro benzene ring substituents is 1. The van der Waals surface area contributed by atoms with Crippen molar-refractivity contribution in [1.29, 1.82) is 0 Å². The van der Waals surface area contributed by atoms with Crippen molar-refractivity contribution in [3.05, 3.63) is 40.6 Å². The van der Waals surface area contributed by atoms with Gasteiger partial charge in [-0.3, -0.25) is 15.1 Å². The number of rotatable bonds is 3. The molecule has 0 N–H and O–H groups in total. The van der Waals surface area contributed by atoms with Crippen LogP contribution in [0, 0.1) is 10.1 Å². The fourth-order valence-corrected chi connectivity index (χ4v) is 2.91. The van der Waals surface area contributed by atoms with Gasteiger partial charge in [0.15, 0.2) is 0 Å². The molecular weight excluding hydrogens is 282 g/mol. The third kappa shape index (κ3) is 2.50. The Morgan fingerprint density at radius 2 is 2.27 bits per heavy atom. The SMILES string of the molecule is CCC1(C)CN(c2ccc([N+](=O)[O-])c3cccnc23)CCO1. The highest BCUT2D eigenvalue weighted by Crippen LogP contribution is 2.34. The number of nitro groups is 1. The molecule has 6 nitrogen and oxygen atoms in total. The smallest absolute Gasteiger partial charge is 0.278 e. The first kappa shape index (κ1) is 14.7. The van der Waals surface area contributed by atoms with E-state index in [1.807, 2.05) is 0 Å². The van der Waals surface area contributed by atoms with Crippen molar-refractivity contribution in [2.24, 2.45) is 0 Å². The number of aromatic nitrogens is 1. The molecule has 0 saturated carbocycles. The van der Waals surface area contributed by atoms with E-state index in [2.05, 4.69) is 23.7 Å². The number of hydrogen-bond donors (Lipinski definition) is 0. The van der Waals surface area contributed by atoms with Crippen LogP contribution in [0.15, 0.2) is 30.5 Å². The van der Waals surface area contributed by atoms with E-state index in [4.69, 9.17) is 4.74 Å². The van der Waals surface area contributed by atoms with Crippen LogP contribution in [0.5, 0.6) is 0 Å². The third-order valence-electron chi connectivity index (χ3n) is 4.35. The monoisotopic (exact) mass is 301 g/mol. The van der Waals surface area contributed by atoms with Gasteiger partial charge in [0, 0.05) is 25.4 Å². The summed E-state index contributed by atoms with van der Waals surface area (Å²) in [4.78, 5) is 17.4. The van der Waals surface area contributed by atoms with Crippen LogP contribution in [0.1, 0.15) is 20.3 Å². The largest absolute Gasteiger partial charge is 0.372 e. The number of pyridine rings is 1. The number of hydrogen-bond acceptors (Lipinski definition) is 5. The normalized spacial score (nSPS) is 22.0. The quantitative estimate of drug-likeness (QED) is 0.643. The molecule has 3 rings (SSSR count). The molecule has 1 saturated heterocycles. The minimum absolute atomic E-state index is 0.0957. The lowest BCUT2D eigenvalue weighted by Gasteiger charge is -2.41. The number of nitro benzene ring substituents is 1. The van der Waals surface area contributed by atoms with Gasteiger partial charge >= 0.3 is 0 Å². The summed E-state index contributed by atoms with van der Waals surface area (Å²) in [5.74, 6) is 0. The Kier molecular flexibility index (Phi) is 3.70. The van der Waals surface area contributed by atoms with Crippen molar-refractivity contribution in [2.75, 3.05) is 24.6 Å². The Balaban J connectivity index is 2.08. The van der Waals surface area contributed by atoms with Gasteiger partial charge in [-0.05, 0) is 31.5 Å². The van der Waals surface area contributed by atoms with Crippen LogP contribution in [0.3, 0.4) is 0 Å². The molecule has 1 aliphatic rings. The average molecular weight is 301 g/mol. The van der Waals surface area contributed by atoms with Gasteiger partial charge in [0.1, 0.15) is 5.52 Å². The molecule has 6 heteroatoms. The summed E-state index contributed by atoms with van der Waals surface area (Å²) in [5, 5.41) is 11.8. The second kappa shape index (κ2) is 5.53. The molecule has 2 heterocycles. The van der Waals surface area contributed by atoms with Gasteiger partial charge in [0.2, 0.25) is 0 Å². The molecule has 1 aromatic heterocycles. The molecule has 0 amide bonds. The van der Waals surface area contributed by atoms with Crippen LogP contribution < -0.4 is 4.90 Å². The van der Waals surface area contributed by atoms with E-state index in [1.165, 1.54) is 0 Å². The zero-order valence-electron chi connectivity index (χ0n) is 12.8. The highest BCUT2D eigenvalue weighted by atomic mass is 16.6. The van der Waals surface area contributed by atoms with Crippen LogP contribution in [0.2, 0.25) is 0 Å². The first-order chi connectivity index (χ1) is 10.5. The molecule has 22 heavy (non-hydrogen) atoms. The number of anilines is 1. The van der Waals surface area contributed by atoms with Crippen molar-refractivity contribution in [3.63, 3.8) is 0 Å². The maximum atomic E-state index is 11.2. The third-order valence-corrected chi connectivity index (χ3v) is 4.35. The zero-order valence-corrected chi connectivity index (χ0v) is 12.8. The number of nitrogens with zero attached hydrogens (tertiary/aromatic N) is 3. The Morgan fingerprint density at radius 3 is 3.00 bits per heavy atom. The minimum Gasteiger partial charge on any atom is -0.372 e. The molecule has 116 valence electrons. The van der Waals surface area contributed by atoms with Crippen molar-refractivity contribution in [3.8, 4) is 0 Å². The van der Waals surface area contributed by atoms with Gasteiger partial charge in [-0.25, -0.2) is 0 Å². The lowest BCUT2D eigenvalue weighted by atomic mass is 10.00. The summed E-state index contributed by atoms with van der Waals surface area (Å²) in [7, 11) is 0. The molecule has 0 radical (unpaired) electrons. The standard InChI is InChI=1S/C16H19N3O3/c1-3-16(2)11-18(9-10-22-16)14-7-6-13(19(20)21)12-5-4-8-17-15(12)14/h4-8H,3,9-11H2,1-2H3. The van der Waals surface area contributed by atoms with Crippen LogP contribution in [0.4, 0.5) is 11.4 Å². The van der Waals surface area contributed by atoms with Crippen LogP contribution in [-0.2, 0) is 4.74 Å². The molecular formula is C16H19N3O3. The van der Waals surface area contributed by atoms with Gasteiger partial charge in [-0.1, -0.05) is 6.92 Å². The minimum atomic E-state index is -0.358. The average Bonchev–Trinajstić information content (AvgIpc) is 2.53. The summed E-state index contributed by atoms with van der Waals surface area (Å²) >= 11 is 0. The van der Waals surface area contributed by atoms with E-state index in [0.717, 1.165) is 25.2 Å². The predicted molar refractivity (Wildman–Crippen MR) is 85.3 cm³/mol. The van der Waals surface area contributed by atoms with Crippen molar-refractivity contribution in [2.45, 2.75) is 25.9 Å². The lowest BCUT2D eigenvalue weighted by molar-refractivity contribution is -0.383. The molecule has 0 bridgehead atoms. The summed E-state index contributed by atoms with van der Waals surface area (Å²) < 4.78 is 5.87. The van der Waals surface area contributed by atoms with E-state index in [-0.39, 0.29) is 16.2 Å². The van der Waals surface area contributed by atoms with Crippen molar-refractivity contribution in [1.82, 2.24) is 4.98 Å². The summed E-state index contributed by atoms with van der Waals surface area (Å²) in [6, 6.07) is 6.85. The second-order valence-electron chi connectivity index (χ2n) is 5.83. The van der Waals surface area contributed by atoms with Gasteiger partial charge < -0.3 is 9.64 Å². The number of ether oxygens (including phenoxy) is 1. The molecule has 1 unspecified atom stereocenters. The number of fused-ring (bicyclic) bond motifs is 1. The van der Waals surface area contributed by atoms with E-state index < -0.39 is 0 Å². The molecule has 1 aliphatic heterocycles. The Labute approximate surface area is 128 Å². The van der Waals surface area contributed by atoms with Gasteiger partial charge in [0.05, 0.1) is 28.2 Å². The Bertz CT molecular complexity index is 719. The maximum absolute atomic E-state index is 11.2. The summed E-state index contributed by atoms with van der Waals surface area (Å²) in [5.41, 5.74) is 1.51. The van der Waals surface area contributed by atoms with Gasteiger partial charge in [-0.2, -0.15) is 0 Å². The van der Waals surface area contributed by atoms with Gasteiger partial charge in [-0.15, -0.1) is 0 Å². The van der Waals surface area contributed by atoms with Crippen LogP contribution >= 0.6 is 0 Å². The van der Waals surface area contributed by atoms with Crippen LogP contribution in [0.25, 0.3) is 10.9 Å². The first-order valence-corrected chi connectivity index (χ1v) is 7.45. The molecule has 2 aromatic rings. The van der Waals surface area contributed by atoms with Crippen molar-refractivity contribution < 1.29 is 9.66 Å². The lowest BCUT2D eigenvalue weighted by Crippen LogP contribution is -2.50. The zero-order chi connectivity index (χ0) is 15.7. The molecule has 0 aliphatic carbocycles. The number of benzene rings is 1. The van der Waals surface area contributed by atoms with E-state index in [0.29, 0.717) is 17.5 Å². The highest BCUT2D eigenvalue weighted by Gasteiger charge is 2.31. The molecule has 1 aromatic carbocycles. The van der Waals surface area contributed by atoms with E-state index in [1.54, 1.807) is 30.5 Å². The fourth-order valence-electron chi connectivity index (χ4n) is 2.91. The topological polar surface area (TPSA) is 68.5 Å². The maximum Gasteiger partial charge on any atom is 0.278 e. The van der Waals surface area contributed by atoms with Gasteiger partial charge in [0.25, 0.3) is 5.69 Å². The number of morpholine rings is 1. The van der Waals surface area contributed by atoms with E-state index in [9.17, 15) is 10.1 Å². The predicted octanol–water partition coefficient (Wildman–Crippen LogP) is 3.15. The Morgan fingerprint density at radius 1 is 1.45 bits per heavy atom. The molecule has 1 atom stereocenters. The van der Waals surface area contributed by atoms with Crippen molar-refractivity contribution >= 4 is 22.3 Å².